The zero-order valence-corrected chi connectivity index (χ0v) is 10.1. The van der Waals surface area contributed by atoms with E-state index in [0.717, 1.165) is 17.7 Å². The van der Waals surface area contributed by atoms with E-state index in [1.807, 2.05) is 0 Å². The molecule has 0 bridgehead atoms. The van der Waals surface area contributed by atoms with E-state index in [0.29, 0.717) is 5.69 Å². The summed E-state index contributed by atoms with van der Waals surface area (Å²) >= 11 is 0. The Labute approximate surface area is 112 Å². The summed E-state index contributed by atoms with van der Waals surface area (Å²) in [6.07, 6.45) is 3.22. The summed E-state index contributed by atoms with van der Waals surface area (Å²) in [5, 5.41) is 6.61. The van der Waals surface area contributed by atoms with Gasteiger partial charge in [-0.3, -0.25) is 10.1 Å². The highest BCUT2D eigenvalue weighted by molar-refractivity contribution is 5.68. The first-order valence-electron chi connectivity index (χ1n) is 5.76. The van der Waals surface area contributed by atoms with E-state index in [9.17, 15) is 13.2 Å². The maximum atomic E-state index is 13.7. The quantitative estimate of drug-likeness (QED) is 0.726. The summed E-state index contributed by atoms with van der Waals surface area (Å²) in [6.45, 7) is 0. The molecule has 0 aliphatic carbocycles. The molecule has 3 aromatic rings. The second-order valence-electron chi connectivity index (χ2n) is 4.13. The number of rotatable bonds is 2. The van der Waals surface area contributed by atoms with Gasteiger partial charge in [0.25, 0.3) is 0 Å². The Morgan fingerprint density at radius 1 is 1.00 bits per heavy atom. The molecule has 20 heavy (non-hydrogen) atoms. The normalized spacial score (nSPS) is 10.8. The Balaban J connectivity index is 2.05. The van der Waals surface area contributed by atoms with Gasteiger partial charge in [0.2, 0.25) is 0 Å². The lowest BCUT2D eigenvalue weighted by atomic mass is 10.1. The van der Waals surface area contributed by atoms with E-state index >= 15 is 0 Å². The molecule has 2 heterocycles. The van der Waals surface area contributed by atoms with Crippen molar-refractivity contribution in [3.05, 3.63) is 60.2 Å². The van der Waals surface area contributed by atoms with Crippen molar-refractivity contribution < 1.29 is 13.2 Å². The van der Waals surface area contributed by atoms with Gasteiger partial charge in [-0.2, -0.15) is 5.10 Å². The molecule has 0 unspecified atom stereocenters. The lowest BCUT2D eigenvalue weighted by molar-refractivity contribution is 0.449. The molecule has 0 spiro atoms. The first-order valence-corrected chi connectivity index (χ1v) is 5.76. The Morgan fingerprint density at radius 3 is 2.60 bits per heavy atom. The third-order valence-corrected chi connectivity index (χ3v) is 2.86. The third kappa shape index (κ3) is 2.05. The molecular weight excluding hydrogens is 267 g/mol. The fourth-order valence-corrected chi connectivity index (χ4v) is 1.86. The largest absolute Gasteiger partial charge is 0.277 e. The lowest BCUT2D eigenvalue weighted by Crippen LogP contribution is -1.93. The predicted octanol–water partition coefficient (Wildman–Crippen LogP) is 3.56. The van der Waals surface area contributed by atoms with Crippen LogP contribution in [0.25, 0.3) is 22.5 Å². The first kappa shape index (κ1) is 12.4. The number of benzene rings is 1. The molecule has 0 saturated carbocycles. The van der Waals surface area contributed by atoms with Crippen LogP contribution in [-0.2, 0) is 0 Å². The van der Waals surface area contributed by atoms with Gasteiger partial charge in [0, 0.05) is 23.5 Å². The second kappa shape index (κ2) is 4.80. The number of nitrogens with one attached hydrogen (secondary N) is 1. The van der Waals surface area contributed by atoms with Crippen molar-refractivity contribution in [2.24, 2.45) is 0 Å². The molecule has 0 saturated heterocycles. The van der Waals surface area contributed by atoms with Gasteiger partial charge in [-0.05, 0) is 30.3 Å². The van der Waals surface area contributed by atoms with E-state index in [2.05, 4.69) is 15.2 Å². The van der Waals surface area contributed by atoms with E-state index in [1.165, 1.54) is 0 Å². The van der Waals surface area contributed by atoms with Crippen LogP contribution in [-0.4, -0.2) is 15.2 Å². The van der Waals surface area contributed by atoms with Gasteiger partial charge in [-0.15, -0.1) is 0 Å². The maximum Gasteiger partial charge on any atom is 0.195 e. The molecule has 3 nitrogen and oxygen atoms in total. The first-order chi connectivity index (χ1) is 9.66. The highest BCUT2D eigenvalue weighted by atomic mass is 19.2. The van der Waals surface area contributed by atoms with E-state index in [4.69, 9.17) is 0 Å². The van der Waals surface area contributed by atoms with Gasteiger partial charge >= 0.3 is 0 Å². The highest BCUT2D eigenvalue weighted by Gasteiger charge is 2.16. The van der Waals surface area contributed by atoms with Crippen molar-refractivity contribution >= 4 is 0 Å². The molecule has 0 aliphatic rings. The molecule has 2 aromatic heterocycles. The van der Waals surface area contributed by atoms with Crippen LogP contribution in [0.1, 0.15) is 0 Å². The number of aromatic nitrogens is 3. The monoisotopic (exact) mass is 275 g/mol. The molecule has 100 valence electrons. The Hall–Kier alpha value is -2.63. The summed E-state index contributed by atoms with van der Waals surface area (Å²) in [4.78, 5) is 3.95. The summed E-state index contributed by atoms with van der Waals surface area (Å²) in [6, 6.07) is 7.11. The van der Waals surface area contributed by atoms with Gasteiger partial charge in [-0.1, -0.05) is 0 Å². The molecule has 6 heteroatoms. The number of aromatic amines is 1. The smallest absolute Gasteiger partial charge is 0.195 e. The second-order valence-corrected chi connectivity index (χ2v) is 4.13. The minimum absolute atomic E-state index is 0.0773. The van der Waals surface area contributed by atoms with Gasteiger partial charge in [0.15, 0.2) is 17.5 Å². The SMILES string of the molecule is Fc1ccc(-c2cc(-c3cccnc3)n[nH]2)c(F)c1F. The summed E-state index contributed by atoms with van der Waals surface area (Å²) < 4.78 is 39.8. The Kier molecular flexibility index (Phi) is 2.98. The molecule has 0 fully saturated rings. The van der Waals surface area contributed by atoms with E-state index in [1.54, 1.807) is 30.6 Å². The van der Waals surface area contributed by atoms with Crippen molar-refractivity contribution in [1.29, 1.82) is 0 Å². The topological polar surface area (TPSA) is 41.6 Å². The number of pyridine rings is 1. The molecule has 3 rings (SSSR count). The van der Waals surface area contributed by atoms with E-state index < -0.39 is 17.5 Å². The molecule has 0 amide bonds. The van der Waals surface area contributed by atoms with Crippen LogP contribution in [0.3, 0.4) is 0 Å². The highest BCUT2D eigenvalue weighted by Crippen LogP contribution is 2.27. The van der Waals surface area contributed by atoms with Crippen LogP contribution < -0.4 is 0 Å². The maximum absolute atomic E-state index is 13.7. The van der Waals surface area contributed by atoms with Gasteiger partial charge < -0.3 is 0 Å². The average Bonchev–Trinajstić information content (AvgIpc) is 2.95. The molecule has 1 aromatic carbocycles. The zero-order chi connectivity index (χ0) is 14.1. The van der Waals surface area contributed by atoms with Crippen molar-refractivity contribution in [2.75, 3.05) is 0 Å². The van der Waals surface area contributed by atoms with Crippen molar-refractivity contribution in [3.8, 4) is 22.5 Å². The molecule has 0 aliphatic heterocycles. The minimum atomic E-state index is -1.50. The van der Waals surface area contributed by atoms with Crippen LogP contribution in [0.4, 0.5) is 13.2 Å². The van der Waals surface area contributed by atoms with Crippen LogP contribution in [0.5, 0.6) is 0 Å². The number of nitrogens with zero attached hydrogens (tertiary/aromatic N) is 2. The van der Waals surface area contributed by atoms with E-state index in [-0.39, 0.29) is 11.3 Å². The molecule has 0 atom stereocenters. The summed E-state index contributed by atoms with van der Waals surface area (Å²) in [5.74, 6) is -3.97. The number of halogens is 3. The number of hydrogen-bond acceptors (Lipinski definition) is 2. The molecule has 0 radical (unpaired) electrons. The Morgan fingerprint density at radius 2 is 1.85 bits per heavy atom. The fourth-order valence-electron chi connectivity index (χ4n) is 1.86. The van der Waals surface area contributed by atoms with Crippen LogP contribution >= 0.6 is 0 Å². The molecular formula is C14H8F3N3. The van der Waals surface area contributed by atoms with Crippen molar-refractivity contribution in [3.63, 3.8) is 0 Å². The summed E-state index contributed by atoms with van der Waals surface area (Å²) in [5.41, 5.74) is 1.46. The predicted molar refractivity (Wildman–Crippen MR) is 67.1 cm³/mol. The van der Waals surface area contributed by atoms with Crippen LogP contribution in [0.15, 0.2) is 42.7 Å². The Bertz CT molecular complexity index is 754. The lowest BCUT2D eigenvalue weighted by Gasteiger charge is -2.01. The number of H-pyrrole nitrogens is 1. The van der Waals surface area contributed by atoms with Crippen molar-refractivity contribution in [1.82, 2.24) is 15.2 Å². The standard InChI is InChI=1S/C14H8F3N3/c15-10-4-3-9(13(16)14(10)17)12-6-11(19-20-12)8-2-1-5-18-7-8/h1-7H,(H,19,20). The zero-order valence-electron chi connectivity index (χ0n) is 10.1. The molecule has 1 N–H and O–H groups in total. The third-order valence-electron chi connectivity index (χ3n) is 2.86. The van der Waals surface area contributed by atoms with Gasteiger partial charge in [0.05, 0.1) is 11.4 Å². The number of hydrogen-bond donors (Lipinski definition) is 1. The average molecular weight is 275 g/mol. The fraction of sp³-hybridized carbons (Fsp3) is 0. The summed E-state index contributed by atoms with van der Waals surface area (Å²) in [7, 11) is 0. The minimum Gasteiger partial charge on any atom is -0.277 e. The van der Waals surface area contributed by atoms with Crippen LogP contribution in [0, 0.1) is 17.5 Å². The van der Waals surface area contributed by atoms with Crippen LogP contribution in [0.2, 0.25) is 0 Å². The van der Waals surface area contributed by atoms with Crippen molar-refractivity contribution in [2.45, 2.75) is 0 Å². The van der Waals surface area contributed by atoms with Gasteiger partial charge in [-0.25, -0.2) is 13.2 Å². The van der Waals surface area contributed by atoms with Gasteiger partial charge in [0.1, 0.15) is 0 Å².